The van der Waals surface area contributed by atoms with Crippen molar-refractivity contribution in [3.05, 3.63) is 0 Å². The van der Waals surface area contributed by atoms with Gasteiger partial charge in [0.15, 0.2) is 0 Å². The van der Waals surface area contributed by atoms with E-state index >= 15 is 0 Å². The van der Waals surface area contributed by atoms with Crippen LogP contribution in [0.4, 0.5) is 0 Å². The zero-order chi connectivity index (χ0) is 5.54. The molecule has 2 heteroatoms. The van der Waals surface area contributed by atoms with Gasteiger partial charge in [-0.05, 0) is 12.6 Å². The number of hydrogen-bond acceptors (Lipinski definition) is 0. The Morgan fingerprint density at radius 2 is 2.14 bits per heavy atom. The molecule has 7 heavy (non-hydrogen) atoms. The Balaban J connectivity index is 2.45. The summed E-state index contributed by atoms with van der Waals surface area (Å²) in [4.78, 5) is 0. The molecular formula is C5H12BrP. The van der Waals surface area contributed by atoms with Gasteiger partial charge in [-0.1, -0.05) is 42.5 Å². The van der Waals surface area contributed by atoms with Gasteiger partial charge >= 0.3 is 0 Å². The predicted molar refractivity (Wildman–Crippen MR) is 41.6 cm³/mol. The van der Waals surface area contributed by atoms with Crippen molar-refractivity contribution in [3.8, 4) is 0 Å². The summed E-state index contributed by atoms with van der Waals surface area (Å²) in [5.74, 6) is 0. The van der Waals surface area contributed by atoms with Gasteiger partial charge in [-0.15, -0.1) is 0 Å². The fourth-order valence-electron chi connectivity index (χ4n) is 0.442. The molecule has 1 atom stereocenters. The van der Waals surface area contributed by atoms with E-state index in [1.807, 2.05) is 0 Å². The van der Waals surface area contributed by atoms with Crippen LogP contribution in [-0.4, -0.2) is 6.16 Å². The Labute approximate surface area is 55.6 Å². The summed E-state index contributed by atoms with van der Waals surface area (Å²) in [5, 5.41) is 0. The van der Waals surface area contributed by atoms with Crippen molar-refractivity contribution in [1.82, 2.24) is 0 Å². The lowest BCUT2D eigenvalue weighted by molar-refractivity contribution is 0.778. The maximum atomic E-state index is 3.41. The molecule has 0 bridgehead atoms. The van der Waals surface area contributed by atoms with E-state index < -0.39 is 0 Å². The predicted octanol–water partition coefficient (Wildman–Crippen LogP) is 3.17. The molecule has 0 spiro atoms. The van der Waals surface area contributed by atoms with Crippen LogP contribution in [0.5, 0.6) is 0 Å². The minimum Gasteiger partial charge on any atom is -0.0654 e. The highest BCUT2D eigenvalue weighted by atomic mass is 79.9. The zero-order valence-corrected chi connectivity index (χ0v) is 7.29. The molecule has 0 saturated carbocycles. The van der Waals surface area contributed by atoms with E-state index in [9.17, 15) is 0 Å². The lowest BCUT2D eigenvalue weighted by atomic mass is 10.3. The summed E-state index contributed by atoms with van der Waals surface area (Å²) in [7, 11) is 0.980. The van der Waals surface area contributed by atoms with Gasteiger partial charge in [-0.3, -0.25) is 0 Å². The van der Waals surface area contributed by atoms with Crippen molar-refractivity contribution in [1.29, 1.82) is 0 Å². The topological polar surface area (TPSA) is 0 Å². The van der Waals surface area contributed by atoms with Crippen LogP contribution in [0.2, 0.25) is 0 Å². The van der Waals surface area contributed by atoms with Gasteiger partial charge in [0.25, 0.3) is 0 Å². The average molecular weight is 183 g/mol. The molecule has 0 nitrogen and oxygen atoms in total. The minimum atomic E-state index is 0.980. The molecule has 0 aromatic rings. The maximum Gasteiger partial charge on any atom is -0.0255 e. The van der Waals surface area contributed by atoms with Gasteiger partial charge < -0.3 is 0 Å². The number of unbranched alkanes of at least 4 members (excludes halogenated alkanes) is 2. The van der Waals surface area contributed by atoms with E-state index in [1.165, 1.54) is 25.4 Å². The third kappa shape index (κ3) is 6.91. The largest absolute Gasteiger partial charge is 0.0654 e. The van der Waals surface area contributed by atoms with Crippen molar-refractivity contribution < 1.29 is 0 Å². The number of halogens is 1. The van der Waals surface area contributed by atoms with Crippen molar-refractivity contribution in [3.63, 3.8) is 0 Å². The van der Waals surface area contributed by atoms with Crippen molar-refractivity contribution in [2.45, 2.75) is 26.2 Å². The van der Waals surface area contributed by atoms with E-state index in [0.29, 0.717) is 0 Å². The third-order valence-electron chi connectivity index (χ3n) is 0.875. The Kier molecular flexibility index (Phi) is 7.81. The van der Waals surface area contributed by atoms with Crippen molar-refractivity contribution in [2.75, 3.05) is 6.16 Å². The van der Waals surface area contributed by atoms with E-state index in [2.05, 4.69) is 22.4 Å². The molecule has 0 heterocycles. The summed E-state index contributed by atoms with van der Waals surface area (Å²) in [6.07, 6.45) is 5.52. The molecule has 0 radical (unpaired) electrons. The fourth-order valence-corrected chi connectivity index (χ4v) is 1.67. The Morgan fingerprint density at radius 3 is 2.57 bits per heavy atom. The second kappa shape index (κ2) is 6.91. The molecule has 0 aliphatic rings. The minimum absolute atomic E-state index is 0.980. The lowest BCUT2D eigenvalue weighted by Crippen LogP contribution is -1.71. The van der Waals surface area contributed by atoms with E-state index in [1.54, 1.807) is 0 Å². The van der Waals surface area contributed by atoms with Crippen molar-refractivity contribution >= 4 is 22.8 Å². The molecular weight excluding hydrogens is 171 g/mol. The first-order valence-electron chi connectivity index (χ1n) is 2.75. The molecule has 0 rings (SSSR count). The Morgan fingerprint density at radius 1 is 1.43 bits per heavy atom. The van der Waals surface area contributed by atoms with Gasteiger partial charge in [0, 0.05) is 0 Å². The SMILES string of the molecule is CCCCCPBr. The smallest absolute Gasteiger partial charge is 0.0255 e. The van der Waals surface area contributed by atoms with Crippen LogP contribution >= 0.6 is 22.8 Å². The van der Waals surface area contributed by atoms with Crippen LogP contribution < -0.4 is 0 Å². The molecule has 44 valence electrons. The molecule has 0 amide bonds. The summed E-state index contributed by atoms with van der Waals surface area (Å²) in [5.41, 5.74) is 0. The molecule has 0 fully saturated rings. The third-order valence-corrected chi connectivity index (χ3v) is 2.61. The first-order chi connectivity index (χ1) is 3.41. The zero-order valence-electron chi connectivity index (χ0n) is 4.71. The first-order valence-corrected chi connectivity index (χ1v) is 6.21. The van der Waals surface area contributed by atoms with Crippen LogP contribution in [0, 0.1) is 0 Å². The summed E-state index contributed by atoms with van der Waals surface area (Å²) < 4.78 is 0. The van der Waals surface area contributed by atoms with Gasteiger partial charge in [0.05, 0.1) is 0 Å². The fraction of sp³-hybridized carbons (Fsp3) is 1.00. The van der Waals surface area contributed by atoms with Gasteiger partial charge in [-0.25, -0.2) is 0 Å². The average Bonchev–Trinajstić information content (AvgIpc) is 1.69. The Hall–Kier alpha value is 0.910. The second-order valence-corrected chi connectivity index (χ2v) is 4.04. The Bertz CT molecular complexity index is 27.3. The van der Waals surface area contributed by atoms with E-state index in [4.69, 9.17) is 0 Å². The molecule has 0 saturated heterocycles. The van der Waals surface area contributed by atoms with Gasteiger partial charge in [0.2, 0.25) is 0 Å². The van der Waals surface area contributed by atoms with Crippen molar-refractivity contribution in [2.24, 2.45) is 0 Å². The van der Waals surface area contributed by atoms with Crippen LogP contribution in [0.15, 0.2) is 0 Å². The number of rotatable bonds is 4. The molecule has 0 N–H and O–H groups in total. The second-order valence-electron chi connectivity index (χ2n) is 1.59. The highest BCUT2D eigenvalue weighted by molar-refractivity contribution is 9.36. The monoisotopic (exact) mass is 182 g/mol. The van der Waals surface area contributed by atoms with Crippen LogP contribution in [0.3, 0.4) is 0 Å². The quantitative estimate of drug-likeness (QED) is 0.463. The van der Waals surface area contributed by atoms with Crippen LogP contribution in [-0.2, 0) is 0 Å². The summed E-state index contributed by atoms with van der Waals surface area (Å²) in [6, 6.07) is 0. The standard InChI is InChI=1S/C5H12BrP/c1-2-3-4-5-7-6/h7H,2-5H2,1H3. The maximum absolute atomic E-state index is 3.41. The van der Waals surface area contributed by atoms with Crippen LogP contribution in [0.25, 0.3) is 0 Å². The normalized spacial score (nSPS) is 11.1. The first kappa shape index (κ1) is 7.91. The highest BCUT2D eigenvalue weighted by Gasteiger charge is 1.80. The van der Waals surface area contributed by atoms with E-state index in [0.717, 1.165) is 7.28 Å². The summed E-state index contributed by atoms with van der Waals surface area (Å²) >= 11 is 3.41. The molecule has 0 aliphatic carbocycles. The van der Waals surface area contributed by atoms with E-state index in [-0.39, 0.29) is 0 Å². The number of hydrogen-bond donors (Lipinski definition) is 0. The molecule has 0 aromatic heterocycles. The van der Waals surface area contributed by atoms with Gasteiger partial charge in [0.1, 0.15) is 0 Å². The molecule has 1 unspecified atom stereocenters. The van der Waals surface area contributed by atoms with Crippen LogP contribution in [0.1, 0.15) is 26.2 Å². The van der Waals surface area contributed by atoms with Gasteiger partial charge in [-0.2, -0.15) is 0 Å². The molecule has 0 aromatic carbocycles. The lowest BCUT2D eigenvalue weighted by Gasteiger charge is -1.89. The highest BCUT2D eigenvalue weighted by Crippen LogP contribution is 2.20. The summed E-state index contributed by atoms with van der Waals surface area (Å²) in [6.45, 7) is 2.23. The molecule has 0 aliphatic heterocycles.